The van der Waals surface area contributed by atoms with E-state index in [2.05, 4.69) is 27.0 Å². The van der Waals surface area contributed by atoms with Crippen LogP contribution in [-0.2, 0) is 17.5 Å². The molecular formula is C11H10BrNOS2. The zero-order chi connectivity index (χ0) is 11.0. The van der Waals surface area contributed by atoms with Gasteiger partial charge in [-0.25, -0.2) is 4.98 Å². The van der Waals surface area contributed by atoms with Crippen molar-refractivity contribution in [2.75, 3.05) is 5.75 Å². The molecule has 0 radical (unpaired) electrons. The van der Waals surface area contributed by atoms with Crippen LogP contribution >= 0.6 is 39.0 Å². The van der Waals surface area contributed by atoms with Gasteiger partial charge in [0.1, 0.15) is 0 Å². The van der Waals surface area contributed by atoms with E-state index in [1.807, 2.05) is 23.1 Å². The van der Waals surface area contributed by atoms with E-state index in [4.69, 9.17) is 4.42 Å². The second-order valence-corrected chi connectivity index (χ2v) is 6.43. The minimum Gasteiger partial charge on any atom is -0.442 e. The Morgan fingerprint density at radius 1 is 1.50 bits per heavy atom. The van der Waals surface area contributed by atoms with Crippen LogP contribution in [0.3, 0.4) is 0 Å². The highest BCUT2D eigenvalue weighted by Crippen LogP contribution is 2.38. The van der Waals surface area contributed by atoms with E-state index in [0.29, 0.717) is 0 Å². The van der Waals surface area contributed by atoms with Crippen molar-refractivity contribution in [3.63, 3.8) is 0 Å². The molecule has 2 aromatic rings. The van der Waals surface area contributed by atoms with Crippen molar-refractivity contribution in [2.24, 2.45) is 0 Å². The van der Waals surface area contributed by atoms with E-state index >= 15 is 0 Å². The second kappa shape index (κ2) is 4.55. The number of oxazole rings is 1. The largest absolute Gasteiger partial charge is 0.442 e. The average molecular weight is 316 g/mol. The number of aromatic nitrogens is 1. The second-order valence-electron chi connectivity index (χ2n) is 3.62. The smallest absolute Gasteiger partial charge is 0.181 e. The molecule has 0 aromatic carbocycles. The molecule has 0 amide bonds. The fourth-order valence-corrected chi connectivity index (χ4v) is 4.61. The van der Waals surface area contributed by atoms with Gasteiger partial charge in [-0.3, -0.25) is 0 Å². The zero-order valence-electron chi connectivity index (χ0n) is 8.53. The molecular weight excluding hydrogens is 306 g/mol. The molecule has 0 spiro atoms. The number of aryl methyl sites for hydroxylation is 1. The van der Waals surface area contributed by atoms with Gasteiger partial charge >= 0.3 is 0 Å². The Balaban J connectivity index is 2.03. The first-order valence-corrected chi connectivity index (χ1v) is 8.16. The first-order valence-electron chi connectivity index (χ1n) is 5.06. The maximum Gasteiger partial charge on any atom is 0.181 e. The fraction of sp³-hybridized carbons (Fsp3) is 0.364. The quantitative estimate of drug-likeness (QED) is 0.781. The molecule has 1 aliphatic heterocycles. The van der Waals surface area contributed by atoms with Crippen molar-refractivity contribution in [3.05, 3.63) is 28.6 Å². The maximum absolute atomic E-state index is 5.48. The number of hydrogen-bond acceptors (Lipinski definition) is 4. The van der Waals surface area contributed by atoms with Crippen molar-refractivity contribution in [1.29, 1.82) is 0 Å². The summed E-state index contributed by atoms with van der Waals surface area (Å²) in [6.07, 6.45) is 2.72. The minimum absolute atomic E-state index is 0.746. The number of hydrogen-bond donors (Lipinski definition) is 0. The molecule has 0 saturated heterocycles. The third-order valence-corrected chi connectivity index (χ3v) is 5.39. The summed E-state index contributed by atoms with van der Waals surface area (Å²) in [7, 11) is 0. The molecule has 0 atom stereocenters. The van der Waals surface area contributed by atoms with E-state index in [0.717, 1.165) is 22.5 Å². The van der Waals surface area contributed by atoms with Crippen LogP contribution in [0.4, 0.5) is 0 Å². The normalized spacial score (nSPS) is 15.1. The lowest BCUT2D eigenvalue weighted by molar-refractivity contribution is 0.572. The number of thiophene rings is 1. The number of halogens is 1. The molecule has 2 aromatic heterocycles. The SMILES string of the molecule is BrCc1ncoc1-c1cc2c(s1)CCSC2. The van der Waals surface area contributed by atoms with Gasteiger partial charge in [0.15, 0.2) is 12.2 Å². The van der Waals surface area contributed by atoms with Gasteiger partial charge in [-0.05, 0) is 23.8 Å². The lowest BCUT2D eigenvalue weighted by Crippen LogP contribution is -1.96. The van der Waals surface area contributed by atoms with Crippen LogP contribution in [0.2, 0.25) is 0 Å². The monoisotopic (exact) mass is 315 g/mol. The third-order valence-electron chi connectivity index (χ3n) is 2.62. The van der Waals surface area contributed by atoms with Crippen LogP contribution in [0, 0.1) is 0 Å². The predicted octanol–water partition coefficient (Wildman–Crippen LogP) is 4.09. The molecule has 0 N–H and O–H groups in total. The standard InChI is InChI=1S/C11H10BrNOS2/c12-4-8-11(14-6-13-8)10-3-7-5-15-2-1-9(7)16-10/h3,6H,1-2,4-5H2. The van der Waals surface area contributed by atoms with Crippen LogP contribution in [0.25, 0.3) is 10.6 Å². The van der Waals surface area contributed by atoms with E-state index in [-0.39, 0.29) is 0 Å². The van der Waals surface area contributed by atoms with Gasteiger partial charge in [-0.1, -0.05) is 15.9 Å². The Labute approximate surface area is 111 Å². The van der Waals surface area contributed by atoms with Crippen molar-refractivity contribution >= 4 is 39.0 Å². The summed E-state index contributed by atoms with van der Waals surface area (Å²) in [5.74, 6) is 3.32. The van der Waals surface area contributed by atoms with Gasteiger partial charge in [0.25, 0.3) is 0 Å². The van der Waals surface area contributed by atoms with E-state index in [1.165, 1.54) is 33.9 Å². The van der Waals surface area contributed by atoms with E-state index in [9.17, 15) is 0 Å². The number of nitrogens with zero attached hydrogens (tertiary/aromatic N) is 1. The Hall–Kier alpha value is -0.260. The van der Waals surface area contributed by atoms with E-state index in [1.54, 1.807) is 0 Å². The average Bonchev–Trinajstić information content (AvgIpc) is 2.94. The lowest BCUT2D eigenvalue weighted by atomic mass is 10.2. The summed E-state index contributed by atoms with van der Waals surface area (Å²) in [6.45, 7) is 0. The number of alkyl halides is 1. The molecule has 0 fully saturated rings. The Morgan fingerprint density at radius 3 is 3.25 bits per heavy atom. The van der Waals surface area contributed by atoms with Gasteiger partial charge in [-0.2, -0.15) is 11.8 Å². The summed E-state index contributed by atoms with van der Waals surface area (Å²) in [6, 6.07) is 2.26. The van der Waals surface area contributed by atoms with Gasteiger partial charge in [0.2, 0.25) is 0 Å². The van der Waals surface area contributed by atoms with Gasteiger partial charge < -0.3 is 4.42 Å². The van der Waals surface area contributed by atoms with Gasteiger partial charge in [-0.15, -0.1) is 11.3 Å². The van der Waals surface area contributed by atoms with Crippen LogP contribution in [0.15, 0.2) is 16.9 Å². The molecule has 16 heavy (non-hydrogen) atoms. The molecule has 3 heterocycles. The highest BCUT2D eigenvalue weighted by atomic mass is 79.9. The number of fused-ring (bicyclic) bond motifs is 1. The summed E-state index contributed by atoms with van der Waals surface area (Å²) < 4.78 is 5.48. The van der Waals surface area contributed by atoms with Gasteiger partial charge in [0, 0.05) is 16.0 Å². The summed E-state index contributed by atoms with van der Waals surface area (Å²) in [5, 5.41) is 0.746. The van der Waals surface area contributed by atoms with Crippen molar-refractivity contribution in [1.82, 2.24) is 4.98 Å². The summed E-state index contributed by atoms with van der Waals surface area (Å²) in [4.78, 5) is 6.95. The molecule has 0 unspecified atom stereocenters. The van der Waals surface area contributed by atoms with Crippen LogP contribution in [0.5, 0.6) is 0 Å². The zero-order valence-corrected chi connectivity index (χ0v) is 11.8. The highest BCUT2D eigenvalue weighted by molar-refractivity contribution is 9.08. The Bertz CT molecular complexity index is 482. The molecule has 2 nitrogen and oxygen atoms in total. The number of rotatable bonds is 2. The third kappa shape index (κ3) is 1.85. The Kier molecular flexibility index (Phi) is 3.09. The summed E-state index contributed by atoms with van der Waals surface area (Å²) in [5.41, 5.74) is 2.47. The molecule has 1 aliphatic rings. The molecule has 0 bridgehead atoms. The van der Waals surface area contributed by atoms with Crippen molar-refractivity contribution < 1.29 is 4.42 Å². The van der Waals surface area contributed by atoms with Crippen LogP contribution in [0.1, 0.15) is 16.1 Å². The fourth-order valence-electron chi connectivity index (χ4n) is 1.82. The molecule has 5 heteroatoms. The molecule has 3 rings (SSSR count). The highest BCUT2D eigenvalue weighted by Gasteiger charge is 2.18. The summed E-state index contributed by atoms with van der Waals surface area (Å²) >= 11 is 7.30. The minimum atomic E-state index is 0.746. The predicted molar refractivity (Wildman–Crippen MR) is 72.3 cm³/mol. The van der Waals surface area contributed by atoms with Gasteiger partial charge in [0.05, 0.1) is 10.6 Å². The lowest BCUT2D eigenvalue weighted by Gasteiger charge is -2.08. The molecule has 0 saturated carbocycles. The first kappa shape index (κ1) is 10.9. The van der Waals surface area contributed by atoms with Crippen LogP contribution in [-0.4, -0.2) is 10.7 Å². The van der Waals surface area contributed by atoms with E-state index < -0.39 is 0 Å². The molecule has 84 valence electrons. The Morgan fingerprint density at radius 2 is 2.44 bits per heavy atom. The number of thioether (sulfide) groups is 1. The maximum atomic E-state index is 5.48. The first-order chi connectivity index (χ1) is 7.88. The van der Waals surface area contributed by atoms with Crippen molar-refractivity contribution in [3.8, 4) is 10.6 Å². The van der Waals surface area contributed by atoms with Crippen molar-refractivity contribution in [2.45, 2.75) is 17.5 Å². The topological polar surface area (TPSA) is 26.0 Å². The molecule has 0 aliphatic carbocycles. The van der Waals surface area contributed by atoms with Crippen LogP contribution < -0.4 is 0 Å².